The Morgan fingerprint density at radius 2 is 2.00 bits per heavy atom. The molecule has 3 N–H and O–H groups in total. The van der Waals surface area contributed by atoms with Crippen molar-refractivity contribution >= 4 is 17.7 Å². The number of benzene rings is 1. The number of carbonyl (C=O) groups excluding carboxylic acids is 1. The minimum Gasteiger partial charge on any atom is -0.505 e. The van der Waals surface area contributed by atoms with E-state index in [2.05, 4.69) is 15.0 Å². The number of aromatic nitrogens is 2. The fourth-order valence-electron chi connectivity index (χ4n) is 4.36. The van der Waals surface area contributed by atoms with Crippen molar-refractivity contribution in [3.05, 3.63) is 104 Å². The van der Waals surface area contributed by atoms with E-state index < -0.39 is 16.8 Å². The Labute approximate surface area is 204 Å². The van der Waals surface area contributed by atoms with E-state index in [9.17, 15) is 20.0 Å². The first-order valence-corrected chi connectivity index (χ1v) is 11.2. The number of fused-ring (bicyclic) bond motifs is 1. The Balaban J connectivity index is 1.57. The molecule has 1 aliphatic heterocycles. The van der Waals surface area contributed by atoms with Crippen molar-refractivity contribution < 1.29 is 24.0 Å². The van der Waals surface area contributed by atoms with Crippen molar-refractivity contribution in [2.45, 2.75) is 19.8 Å². The number of esters is 1. The number of non-ortho nitro benzene ring substituents is 1. The molecular formula is C26H22N4O6. The van der Waals surface area contributed by atoms with Crippen LogP contribution < -0.4 is 10.8 Å². The van der Waals surface area contributed by atoms with Crippen LogP contribution in [0.1, 0.15) is 36.8 Å². The van der Waals surface area contributed by atoms with Gasteiger partial charge in [-0.1, -0.05) is 0 Å². The Morgan fingerprint density at radius 1 is 1.22 bits per heavy atom. The van der Waals surface area contributed by atoms with Crippen LogP contribution in [0.2, 0.25) is 0 Å². The molecule has 1 unspecified atom stereocenters. The normalized spacial score (nSPS) is 15.5. The second kappa shape index (κ2) is 9.06. The highest BCUT2D eigenvalue weighted by atomic mass is 16.6. The lowest BCUT2D eigenvalue weighted by atomic mass is 9.87. The van der Waals surface area contributed by atoms with Crippen molar-refractivity contribution in [1.82, 2.24) is 9.97 Å². The molecule has 1 atom stereocenters. The number of ether oxygens (including phenoxy) is 1. The number of nitro benzene ring substituents is 1. The van der Waals surface area contributed by atoms with E-state index in [0.717, 1.165) is 11.3 Å². The minimum absolute atomic E-state index is 0.0138. The molecule has 0 spiro atoms. The third kappa shape index (κ3) is 3.98. The molecule has 4 aromatic rings. The Morgan fingerprint density at radius 3 is 2.67 bits per heavy atom. The molecular weight excluding hydrogens is 464 g/mol. The van der Waals surface area contributed by atoms with Crippen LogP contribution in [-0.2, 0) is 9.53 Å². The smallest absolute Gasteiger partial charge is 0.336 e. The molecule has 0 amide bonds. The maximum Gasteiger partial charge on any atom is 0.336 e. The zero-order valence-electron chi connectivity index (χ0n) is 19.4. The minimum atomic E-state index is -0.690. The van der Waals surface area contributed by atoms with Crippen molar-refractivity contribution in [3.63, 3.8) is 0 Å². The summed E-state index contributed by atoms with van der Waals surface area (Å²) in [6.45, 7) is 3.65. The lowest BCUT2D eigenvalue weighted by Gasteiger charge is -2.21. The topological polar surface area (TPSA) is 147 Å². The van der Waals surface area contributed by atoms with Gasteiger partial charge in [-0.3, -0.25) is 10.1 Å². The maximum atomic E-state index is 12.8. The Hall–Kier alpha value is -4.86. The standard InChI is InChI=1S/C26H22N4O6/c1-3-35-26(32)21-14(2)27-25-23(22(21)20-5-4-12-36-20)24(31)19(29-25)13-16-8-11-18(28-16)15-6-9-17(10-7-15)30(33)34/h4-13,22,28,31H,3H2,1-2H3,(H,27,29). The van der Waals surface area contributed by atoms with Gasteiger partial charge in [-0.15, -0.1) is 0 Å². The van der Waals surface area contributed by atoms with Crippen molar-refractivity contribution in [2.24, 2.45) is 4.99 Å². The summed E-state index contributed by atoms with van der Waals surface area (Å²) in [5.74, 6) is -0.788. The van der Waals surface area contributed by atoms with Crippen LogP contribution in [0.4, 0.5) is 5.69 Å². The van der Waals surface area contributed by atoms with E-state index >= 15 is 0 Å². The molecule has 0 aliphatic carbocycles. The van der Waals surface area contributed by atoms with Crippen molar-refractivity contribution in [1.29, 1.82) is 0 Å². The van der Waals surface area contributed by atoms with Crippen LogP contribution in [0.25, 0.3) is 17.3 Å². The third-order valence-electron chi connectivity index (χ3n) is 5.99. The number of allylic oxidation sites excluding steroid dienone is 1. The van der Waals surface area contributed by atoms with E-state index in [-0.39, 0.29) is 18.0 Å². The summed E-state index contributed by atoms with van der Waals surface area (Å²) >= 11 is 0. The molecule has 1 aromatic carbocycles. The summed E-state index contributed by atoms with van der Waals surface area (Å²) in [4.78, 5) is 34.2. The van der Waals surface area contributed by atoms with Gasteiger partial charge < -0.3 is 24.2 Å². The van der Waals surface area contributed by atoms with Crippen LogP contribution in [0.5, 0.6) is 5.75 Å². The summed E-state index contributed by atoms with van der Waals surface area (Å²) in [5, 5.41) is 22.5. The molecule has 4 heterocycles. The zero-order valence-corrected chi connectivity index (χ0v) is 19.4. The van der Waals surface area contributed by atoms with Gasteiger partial charge in [0.15, 0.2) is 0 Å². The number of nitrogens with zero attached hydrogens (tertiary/aromatic N) is 2. The molecule has 0 fully saturated rings. The number of nitrogens with one attached hydrogen (secondary N) is 2. The Kier molecular flexibility index (Phi) is 5.77. The first-order valence-electron chi connectivity index (χ1n) is 11.2. The van der Waals surface area contributed by atoms with Crippen LogP contribution in [0, 0.1) is 10.1 Å². The largest absolute Gasteiger partial charge is 0.505 e. The molecule has 5 rings (SSSR count). The zero-order chi connectivity index (χ0) is 25.4. The van der Waals surface area contributed by atoms with Gasteiger partial charge >= 0.3 is 5.97 Å². The highest BCUT2D eigenvalue weighted by Crippen LogP contribution is 2.38. The summed E-state index contributed by atoms with van der Waals surface area (Å²) in [5.41, 5.74) is 3.85. The van der Waals surface area contributed by atoms with E-state index in [1.807, 2.05) is 12.1 Å². The molecule has 182 valence electrons. The number of carbonyl (C=O) groups is 1. The Bertz CT molecular complexity index is 1610. The lowest BCUT2D eigenvalue weighted by Crippen LogP contribution is -2.26. The first-order chi connectivity index (χ1) is 17.4. The summed E-state index contributed by atoms with van der Waals surface area (Å²) < 4.78 is 10.9. The number of aromatic hydroxyl groups is 1. The van der Waals surface area contributed by atoms with Gasteiger partial charge in [0.05, 0.1) is 45.9 Å². The molecule has 0 saturated carbocycles. The predicted molar refractivity (Wildman–Crippen MR) is 130 cm³/mol. The maximum absolute atomic E-state index is 12.8. The molecule has 0 radical (unpaired) electrons. The third-order valence-corrected chi connectivity index (χ3v) is 5.99. The number of aromatic amines is 2. The summed E-state index contributed by atoms with van der Waals surface area (Å²) in [7, 11) is 0. The van der Waals surface area contributed by atoms with Crippen LogP contribution >= 0.6 is 0 Å². The monoisotopic (exact) mass is 486 g/mol. The fraction of sp³-hybridized carbons (Fsp3) is 0.154. The second-order valence-electron chi connectivity index (χ2n) is 8.21. The van der Waals surface area contributed by atoms with Gasteiger partial charge in [0.2, 0.25) is 0 Å². The number of furan rings is 1. The average Bonchev–Trinajstić information content (AvgIpc) is 3.60. The van der Waals surface area contributed by atoms with Crippen molar-refractivity contribution in [3.8, 4) is 17.0 Å². The van der Waals surface area contributed by atoms with E-state index in [1.54, 1.807) is 44.2 Å². The molecule has 1 aliphatic rings. The summed E-state index contributed by atoms with van der Waals surface area (Å²) in [6, 6.07) is 13.3. The average molecular weight is 486 g/mol. The number of rotatable bonds is 6. The predicted octanol–water partition coefficient (Wildman–Crippen LogP) is 3.65. The van der Waals surface area contributed by atoms with Crippen LogP contribution in [0.15, 0.2) is 75.5 Å². The first kappa shape index (κ1) is 22.9. The second-order valence-corrected chi connectivity index (χ2v) is 8.21. The lowest BCUT2D eigenvalue weighted by molar-refractivity contribution is -0.384. The van der Waals surface area contributed by atoms with Gasteiger partial charge in [-0.25, -0.2) is 9.79 Å². The fourth-order valence-corrected chi connectivity index (χ4v) is 4.36. The molecule has 10 nitrogen and oxygen atoms in total. The van der Waals surface area contributed by atoms with E-state index in [0.29, 0.717) is 39.1 Å². The van der Waals surface area contributed by atoms with Crippen molar-refractivity contribution in [2.75, 3.05) is 6.61 Å². The van der Waals surface area contributed by atoms with Gasteiger partial charge in [-0.05, 0) is 61.9 Å². The molecule has 0 saturated heterocycles. The molecule has 0 bridgehead atoms. The molecule has 36 heavy (non-hydrogen) atoms. The summed E-state index contributed by atoms with van der Waals surface area (Å²) in [6.07, 6.45) is 3.23. The quantitative estimate of drug-likeness (QED) is 0.215. The number of hydrogen-bond donors (Lipinski definition) is 3. The van der Waals surface area contributed by atoms with Gasteiger partial charge in [0, 0.05) is 23.5 Å². The van der Waals surface area contributed by atoms with Crippen LogP contribution in [0.3, 0.4) is 0 Å². The number of hydrogen-bond acceptors (Lipinski definition) is 7. The van der Waals surface area contributed by atoms with E-state index in [4.69, 9.17) is 9.15 Å². The van der Waals surface area contributed by atoms with E-state index in [1.165, 1.54) is 18.4 Å². The molecule has 3 aromatic heterocycles. The number of H-pyrrole nitrogens is 2. The molecule has 10 heteroatoms. The highest BCUT2D eigenvalue weighted by Gasteiger charge is 2.36. The SMILES string of the molecule is CCOC(=O)C1=C(C)N=c2[nH]c(=Cc3ccc(-c4ccc([N+](=O)[O-])cc4)[nH]3)c(O)c2C1c1ccco1. The van der Waals surface area contributed by atoms with Gasteiger partial charge in [-0.2, -0.15) is 0 Å². The van der Waals surface area contributed by atoms with Crippen LogP contribution in [-0.4, -0.2) is 32.6 Å². The van der Waals surface area contributed by atoms with Gasteiger partial charge in [0.1, 0.15) is 17.0 Å². The van der Waals surface area contributed by atoms with Gasteiger partial charge in [0.25, 0.3) is 5.69 Å². The highest BCUT2D eigenvalue weighted by molar-refractivity contribution is 5.92. The number of nitro groups is 1.